The average Bonchev–Trinajstić information content (AvgIpc) is 3.34. The summed E-state index contributed by atoms with van der Waals surface area (Å²) in [5.74, 6) is -0.626. The van der Waals surface area contributed by atoms with Crippen molar-refractivity contribution in [2.75, 3.05) is 19.6 Å². The van der Waals surface area contributed by atoms with Crippen LogP contribution in [0.1, 0.15) is 36.2 Å². The summed E-state index contributed by atoms with van der Waals surface area (Å²) in [6, 6.07) is 7.18. The van der Waals surface area contributed by atoms with E-state index in [9.17, 15) is 17.6 Å². The number of sulfonamides is 1. The van der Waals surface area contributed by atoms with Gasteiger partial charge in [0.15, 0.2) is 0 Å². The van der Waals surface area contributed by atoms with Crippen LogP contribution in [0, 0.1) is 5.82 Å². The largest absolute Gasteiger partial charge is 0.351 e. The number of carbonyl (C=O) groups is 1. The lowest BCUT2D eigenvalue weighted by Crippen LogP contribution is -2.37. The van der Waals surface area contributed by atoms with Crippen LogP contribution in [-0.4, -0.2) is 38.9 Å². The van der Waals surface area contributed by atoms with Crippen molar-refractivity contribution in [2.24, 2.45) is 0 Å². The van der Waals surface area contributed by atoms with E-state index in [0.717, 1.165) is 42.1 Å². The maximum atomic E-state index is 14.5. The maximum Gasteiger partial charge on any atom is 0.250 e. The van der Waals surface area contributed by atoms with Crippen LogP contribution in [0.4, 0.5) is 4.39 Å². The van der Waals surface area contributed by atoms with Crippen molar-refractivity contribution in [2.45, 2.75) is 36.6 Å². The molecule has 0 radical (unpaired) electrons. The molecule has 0 spiro atoms. The minimum Gasteiger partial charge on any atom is -0.351 e. The summed E-state index contributed by atoms with van der Waals surface area (Å²) >= 11 is 7.35. The van der Waals surface area contributed by atoms with E-state index >= 15 is 0 Å². The van der Waals surface area contributed by atoms with E-state index in [1.54, 1.807) is 12.1 Å². The van der Waals surface area contributed by atoms with Crippen molar-refractivity contribution < 1.29 is 17.6 Å². The van der Waals surface area contributed by atoms with Gasteiger partial charge in [0.05, 0.1) is 12.6 Å². The van der Waals surface area contributed by atoms with Gasteiger partial charge in [-0.2, -0.15) is 0 Å². The second kappa shape index (κ2) is 9.53. The number of rotatable bonds is 8. The molecule has 2 aromatic rings. The number of hydrogen-bond acceptors (Lipinski definition) is 5. The van der Waals surface area contributed by atoms with E-state index in [-0.39, 0.29) is 28.2 Å². The molecule has 1 aromatic heterocycles. The highest BCUT2D eigenvalue weighted by Crippen LogP contribution is 2.32. The highest BCUT2D eigenvalue weighted by molar-refractivity contribution is 7.91. The molecular formula is C19H23ClFN3O3S2. The van der Waals surface area contributed by atoms with Gasteiger partial charge in [0.1, 0.15) is 10.0 Å². The standard InChI is InChI=1S/C19H23ClFN3O3S2/c1-13(25)22-11-14-7-8-18(28-14)29(26,27)23-12-17(24-9-2-3-10-24)19-15(20)5-4-6-16(19)21/h4-8,17,23H,2-3,9-12H2,1H3,(H,22,25). The number of amides is 1. The van der Waals surface area contributed by atoms with Crippen molar-refractivity contribution in [1.82, 2.24) is 14.9 Å². The molecule has 1 saturated heterocycles. The zero-order valence-corrected chi connectivity index (χ0v) is 18.3. The summed E-state index contributed by atoms with van der Waals surface area (Å²) < 4.78 is 42.8. The van der Waals surface area contributed by atoms with Crippen LogP contribution in [0.15, 0.2) is 34.5 Å². The van der Waals surface area contributed by atoms with Gasteiger partial charge in [0.25, 0.3) is 0 Å². The van der Waals surface area contributed by atoms with E-state index < -0.39 is 21.9 Å². The molecule has 1 fully saturated rings. The molecule has 158 valence electrons. The molecule has 0 saturated carbocycles. The minimum absolute atomic E-state index is 0.0158. The van der Waals surface area contributed by atoms with Crippen LogP contribution in [0.3, 0.4) is 0 Å². The first kappa shape index (κ1) is 22.2. The Hall–Kier alpha value is -1.52. The van der Waals surface area contributed by atoms with Gasteiger partial charge >= 0.3 is 0 Å². The molecule has 0 aliphatic carbocycles. The monoisotopic (exact) mass is 459 g/mol. The second-order valence-electron chi connectivity index (χ2n) is 6.88. The zero-order valence-electron chi connectivity index (χ0n) is 16.0. The molecule has 2 heterocycles. The Morgan fingerprint density at radius 1 is 1.28 bits per heavy atom. The molecule has 3 rings (SSSR count). The second-order valence-corrected chi connectivity index (χ2v) is 10.4. The Kier molecular flexibility index (Phi) is 7.28. The lowest BCUT2D eigenvalue weighted by Gasteiger charge is -2.29. The van der Waals surface area contributed by atoms with E-state index in [0.29, 0.717) is 5.56 Å². The van der Waals surface area contributed by atoms with Crippen LogP contribution in [0.2, 0.25) is 5.02 Å². The predicted octanol–water partition coefficient (Wildman–Crippen LogP) is 3.29. The first-order chi connectivity index (χ1) is 13.8. The molecule has 1 amide bonds. The molecule has 2 N–H and O–H groups in total. The molecule has 1 aliphatic heterocycles. The van der Waals surface area contributed by atoms with Crippen molar-refractivity contribution in [3.8, 4) is 0 Å². The molecule has 1 unspecified atom stereocenters. The summed E-state index contributed by atoms with van der Waals surface area (Å²) in [5, 5.41) is 2.93. The van der Waals surface area contributed by atoms with Gasteiger partial charge in [-0.25, -0.2) is 17.5 Å². The molecule has 1 atom stereocenters. The van der Waals surface area contributed by atoms with Crippen molar-refractivity contribution >= 4 is 38.9 Å². The average molecular weight is 460 g/mol. The lowest BCUT2D eigenvalue weighted by molar-refractivity contribution is -0.119. The summed E-state index contributed by atoms with van der Waals surface area (Å²) in [7, 11) is -3.77. The molecule has 29 heavy (non-hydrogen) atoms. The van der Waals surface area contributed by atoms with Gasteiger partial charge < -0.3 is 5.32 Å². The molecule has 0 bridgehead atoms. The number of nitrogens with zero attached hydrogens (tertiary/aromatic N) is 1. The third-order valence-corrected chi connectivity index (χ3v) is 8.12. The number of benzene rings is 1. The normalized spacial score (nSPS) is 16.1. The number of hydrogen-bond donors (Lipinski definition) is 2. The molecule has 6 nitrogen and oxygen atoms in total. The Balaban J connectivity index is 1.77. The Bertz CT molecular complexity index is 955. The summed E-state index contributed by atoms with van der Waals surface area (Å²) in [5.41, 5.74) is 0.316. The van der Waals surface area contributed by atoms with E-state index in [4.69, 9.17) is 11.6 Å². The highest BCUT2D eigenvalue weighted by Gasteiger charge is 2.29. The smallest absolute Gasteiger partial charge is 0.250 e. The van der Waals surface area contributed by atoms with Crippen molar-refractivity contribution in [3.05, 3.63) is 51.6 Å². The van der Waals surface area contributed by atoms with Crippen LogP contribution in [0.25, 0.3) is 0 Å². The molecule has 1 aliphatic rings. The summed E-state index contributed by atoms with van der Waals surface area (Å²) in [6.07, 6.45) is 1.96. The number of halogens is 2. The summed E-state index contributed by atoms with van der Waals surface area (Å²) in [4.78, 5) is 13.8. The molecule has 10 heteroatoms. The van der Waals surface area contributed by atoms with Gasteiger partial charge in [-0.3, -0.25) is 9.69 Å². The van der Waals surface area contributed by atoms with Crippen molar-refractivity contribution in [3.63, 3.8) is 0 Å². The predicted molar refractivity (Wildman–Crippen MR) is 112 cm³/mol. The number of likely N-dealkylation sites (tertiary alicyclic amines) is 1. The fraction of sp³-hybridized carbons (Fsp3) is 0.421. The van der Waals surface area contributed by atoms with E-state index in [2.05, 4.69) is 14.9 Å². The Morgan fingerprint density at radius 2 is 2.00 bits per heavy atom. The SMILES string of the molecule is CC(=O)NCc1ccc(S(=O)(=O)NCC(c2c(F)cccc2Cl)N2CCCC2)s1. The number of carbonyl (C=O) groups excluding carboxylic acids is 1. The van der Waals surface area contributed by atoms with Gasteiger partial charge in [-0.15, -0.1) is 11.3 Å². The van der Waals surface area contributed by atoms with Gasteiger partial charge in [0, 0.05) is 28.9 Å². The van der Waals surface area contributed by atoms with Crippen LogP contribution >= 0.6 is 22.9 Å². The Labute approximate surface area is 179 Å². The van der Waals surface area contributed by atoms with Crippen LogP contribution < -0.4 is 10.0 Å². The fourth-order valence-electron chi connectivity index (χ4n) is 3.37. The zero-order chi connectivity index (χ0) is 21.0. The van der Waals surface area contributed by atoms with Gasteiger partial charge in [-0.1, -0.05) is 17.7 Å². The molecular weight excluding hydrogens is 437 g/mol. The van der Waals surface area contributed by atoms with E-state index in [1.165, 1.54) is 25.1 Å². The van der Waals surface area contributed by atoms with Crippen LogP contribution in [0.5, 0.6) is 0 Å². The Morgan fingerprint density at radius 3 is 2.66 bits per heavy atom. The number of nitrogens with one attached hydrogen (secondary N) is 2. The minimum atomic E-state index is -3.77. The number of thiophene rings is 1. The van der Waals surface area contributed by atoms with Gasteiger partial charge in [-0.05, 0) is 50.2 Å². The molecule has 1 aromatic carbocycles. The third-order valence-electron chi connectivity index (χ3n) is 4.79. The topological polar surface area (TPSA) is 78.5 Å². The maximum absolute atomic E-state index is 14.5. The summed E-state index contributed by atoms with van der Waals surface area (Å²) in [6.45, 7) is 3.21. The lowest BCUT2D eigenvalue weighted by atomic mass is 10.0. The first-order valence-corrected chi connectivity index (χ1v) is 12.0. The van der Waals surface area contributed by atoms with E-state index in [1.807, 2.05) is 0 Å². The first-order valence-electron chi connectivity index (χ1n) is 9.28. The van der Waals surface area contributed by atoms with Crippen LogP contribution in [-0.2, 0) is 21.4 Å². The highest BCUT2D eigenvalue weighted by atomic mass is 35.5. The van der Waals surface area contributed by atoms with Crippen molar-refractivity contribution in [1.29, 1.82) is 0 Å². The quantitative estimate of drug-likeness (QED) is 0.635. The third kappa shape index (κ3) is 5.55. The van der Waals surface area contributed by atoms with Gasteiger partial charge in [0.2, 0.25) is 15.9 Å². The fourth-order valence-corrected chi connectivity index (χ4v) is 6.03.